The number of nitrogens with zero attached hydrogens (tertiary/aromatic N) is 1. The third kappa shape index (κ3) is 2.62. The number of hydrogen-bond acceptors (Lipinski definition) is 3. The highest BCUT2D eigenvalue weighted by atomic mass is 35.5. The smallest absolute Gasteiger partial charge is 0.255 e. The molecule has 3 aromatic rings. The van der Waals surface area contributed by atoms with Crippen LogP contribution in [0.2, 0.25) is 5.02 Å². The second kappa shape index (κ2) is 5.22. The van der Waals surface area contributed by atoms with E-state index in [9.17, 15) is 4.79 Å². The van der Waals surface area contributed by atoms with Gasteiger partial charge in [0.1, 0.15) is 5.52 Å². The van der Waals surface area contributed by atoms with Crippen molar-refractivity contribution in [2.45, 2.75) is 13.8 Å². The van der Waals surface area contributed by atoms with Crippen LogP contribution in [0.4, 0.5) is 5.69 Å². The van der Waals surface area contributed by atoms with Crippen molar-refractivity contribution >= 4 is 34.3 Å². The van der Waals surface area contributed by atoms with E-state index >= 15 is 0 Å². The Kier molecular flexibility index (Phi) is 3.39. The number of carbonyl (C=O) groups is 1. The Hall–Kier alpha value is -2.33. The van der Waals surface area contributed by atoms with Gasteiger partial charge in [0.25, 0.3) is 5.91 Å². The molecule has 0 aliphatic carbocycles. The SMILES string of the molecule is Cc1nc2cc(C(=O)Nc3cccc(Cl)c3C)ccc2o1. The van der Waals surface area contributed by atoms with Gasteiger partial charge in [0.15, 0.2) is 11.5 Å². The molecule has 5 heteroatoms. The van der Waals surface area contributed by atoms with Crippen molar-refractivity contribution in [3.05, 3.63) is 58.4 Å². The van der Waals surface area contributed by atoms with E-state index in [-0.39, 0.29) is 5.91 Å². The second-order valence-corrected chi connectivity index (χ2v) is 5.19. The van der Waals surface area contributed by atoms with E-state index in [1.807, 2.05) is 13.0 Å². The Labute approximate surface area is 126 Å². The molecule has 0 bridgehead atoms. The number of benzene rings is 2. The van der Waals surface area contributed by atoms with Gasteiger partial charge in [-0.25, -0.2) is 4.98 Å². The highest BCUT2D eigenvalue weighted by molar-refractivity contribution is 6.31. The van der Waals surface area contributed by atoms with Crippen LogP contribution in [0.1, 0.15) is 21.8 Å². The Morgan fingerprint density at radius 1 is 1.24 bits per heavy atom. The molecule has 3 rings (SSSR count). The standard InChI is InChI=1S/C16H13ClN2O2/c1-9-12(17)4-3-5-13(9)19-16(20)11-6-7-15-14(8-11)18-10(2)21-15/h3-8H,1-2H3,(H,19,20). The van der Waals surface area contributed by atoms with Gasteiger partial charge >= 0.3 is 0 Å². The fourth-order valence-corrected chi connectivity index (χ4v) is 2.30. The van der Waals surface area contributed by atoms with Crippen LogP contribution in [0, 0.1) is 13.8 Å². The molecule has 21 heavy (non-hydrogen) atoms. The molecule has 0 aliphatic rings. The molecule has 0 saturated carbocycles. The highest BCUT2D eigenvalue weighted by Gasteiger charge is 2.11. The Morgan fingerprint density at radius 3 is 2.86 bits per heavy atom. The van der Waals surface area contributed by atoms with Crippen molar-refractivity contribution in [3.63, 3.8) is 0 Å². The highest BCUT2D eigenvalue weighted by Crippen LogP contribution is 2.24. The average molecular weight is 301 g/mol. The van der Waals surface area contributed by atoms with E-state index in [0.29, 0.717) is 33.3 Å². The van der Waals surface area contributed by atoms with Gasteiger partial charge in [-0.1, -0.05) is 17.7 Å². The van der Waals surface area contributed by atoms with Crippen molar-refractivity contribution in [1.82, 2.24) is 4.98 Å². The third-order valence-electron chi connectivity index (χ3n) is 3.27. The largest absolute Gasteiger partial charge is 0.441 e. The first-order valence-corrected chi connectivity index (χ1v) is 6.86. The van der Waals surface area contributed by atoms with Crippen molar-refractivity contribution in [2.75, 3.05) is 5.32 Å². The lowest BCUT2D eigenvalue weighted by molar-refractivity contribution is 0.102. The predicted molar refractivity (Wildman–Crippen MR) is 82.9 cm³/mol. The molecule has 1 amide bonds. The fraction of sp³-hybridized carbons (Fsp3) is 0.125. The molecular weight excluding hydrogens is 288 g/mol. The molecule has 1 aromatic heterocycles. The van der Waals surface area contributed by atoms with E-state index in [1.54, 1.807) is 37.3 Å². The number of aryl methyl sites for hydroxylation is 1. The molecule has 0 fully saturated rings. The molecule has 0 spiro atoms. The predicted octanol–water partition coefficient (Wildman–Crippen LogP) is 4.35. The molecule has 2 aromatic carbocycles. The first-order valence-electron chi connectivity index (χ1n) is 6.48. The summed E-state index contributed by atoms with van der Waals surface area (Å²) in [5, 5.41) is 3.48. The summed E-state index contributed by atoms with van der Waals surface area (Å²) in [5.41, 5.74) is 3.40. The summed E-state index contributed by atoms with van der Waals surface area (Å²) in [7, 11) is 0. The first-order chi connectivity index (χ1) is 10.0. The summed E-state index contributed by atoms with van der Waals surface area (Å²) in [6.07, 6.45) is 0. The number of rotatable bonds is 2. The summed E-state index contributed by atoms with van der Waals surface area (Å²) < 4.78 is 5.40. The zero-order valence-corrected chi connectivity index (χ0v) is 12.4. The summed E-state index contributed by atoms with van der Waals surface area (Å²) in [6.45, 7) is 3.64. The number of oxazole rings is 1. The summed E-state index contributed by atoms with van der Waals surface area (Å²) in [5.74, 6) is 0.371. The quantitative estimate of drug-likeness (QED) is 0.765. The molecule has 0 atom stereocenters. The van der Waals surface area contributed by atoms with Gasteiger partial charge in [0.05, 0.1) is 0 Å². The summed E-state index contributed by atoms with van der Waals surface area (Å²) in [4.78, 5) is 16.5. The average Bonchev–Trinajstić information content (AvgIpc) is 2.82. The zero-order chi connectivity index (χ0) is 15.0. The van der Waals surface area contributed by atoms with Crippen molar-refractivity contribution < 1.29 is 9.21 Å². The molecule has 1 heterocycles. The minimum atomic E-state index is -0.206. The molecule has 0 saturated heterocycles. The maximum absolute atomic E-state index is 12.3. The third-order valence-corrected chi connectivity index (χ3v) is 3.68. The topological polar surface area (TPSA) is 55.1 Å². The van der Waals surface area contributed by atoms with Crippen molar-refractivity contribution in [3.8, 4) is 0 Å². The van der Waals surface area contributed by atoms with Crippen LogP contribution < -0.4 is 5.32 Å². The minimum absolute atomic E-state index is 0.206. The Balaban J connectivity index is 1.91. The fourth-order valence-electron chi connectivity index (χ4n) is 2.12. The number of nitrogens with one attached hydrogen (secondary N) is 1. The monoisotopic (exact) mass is 300 g/mol. The van der Waals surface area contributed by atoms with Crippen LogP contribution in [0.3, 0.4) is 0 Å². The van der Waals surface area contributed by atoms with Gasteiger partial charge in [-0.05, 0) is 42.8 Å². The van der Waals surface area contributed by atoms with Crippen LogP contribution >= 0.6 is 11.6 Å². The molecule has 0 radical (unpaired) electrons. The minimum Gasteiger partial charge on any atom is -0.441 e. The molecule has 106 valence electrons. The van der Waals surface area contributed by atoms with Crippen LogP contribution in [-0.4, -0.2) is 10.9 Å². The lowest BCUT2D eigenvalue weighted by Crippen LogP contribution is -2.12. The van der Waals surface area contributed by atoms with E-state index in [0.717, 1.165) is 5.56 Å². The maximum atomic E-state index is 12.3. The van der Waals surface area contributed by atoms with Crippen LogP contribution in [0.5, 0.6) is 0 Å². The van der Waals surface area contributed by atoms with Gasteiger partial charge < -0.3 is 9.73 Å². The second-order valence-electron chi connectivity index (χ2n) is 4.78. The molecule has 4 nitrogen and oxygen atoms in total. The van der Waals surface area contributed by atoms with Gasteiger partial charge in [-0.3, -0.25) is 4.79 Å². The number of hydrogen-bond donors (Lipinski definition) is 1. The van der Waals surface area contributed by atoms with Gasteiger partial charge in [0, 0.05) is 23.2 Å². The molecule has 0 aliphatic heterocycles. The number of carbonyl (C=O) groups excluding carboxylic acids is 1. The number of aromatic nitrogens is 1. The number of anilines is 1. The summed E-state index contributed by atoms with van der Waals surface area (Å²) >= 11 is 6.05. The van der Waals surface area contributed by atoms with Gasteiger partial charge in [0.2, 0.25) is 0 Å². The van der Waals surface area contributed by atoms with Crippen LogP contribution in [0.25, 0.3) is 11.1 Å². The zero-order valence-electron chi connectivity index (χ0n) is 11.6. The Bertz CT molecular complexity index is 839. The molecular formula is C16H13ClN2O2. The summed E-state index contributed by atoms with van der Waals surface area (Å²) in [6, 6.07) is 10.6. The van der Waals surface area contributed by atoms with Crippen molar-refractivity contribution in [1.29, 1.82) is 0 Å². The van der Waals surface area contributed by atoms with Crippen molar-refractivity contribution in [2.24, 2.45) is 0 Å². The van der Waals surface area contributed by atoms with E-state index in [4.69, 9.17) is 16.0 Å². The lowest BCUT2D eigenvalue weighted by Gasteiger charge is -2.09. The van der Waals surface area contributed by atoms with Gasteiger partial charge in [-0.2, -0.15) is 0 Å². The molecule has 1 N–H and O–H groups in total. The van der Waals surface area contributed by atoms with Crippen LogP contribution in [0.15, 0.2) is 40.8 Å². The van der Waals surface area contributed by atoms with E-state index in [2.05, 4.69) is 10.3 Å². The van der Waals surface area contributed by atoms with E-state index < -0.39 is 0 Å². The lowest BCUT2D eigenvalue weighted by atomic mass is 10.1. The first kappa shape index (κ1) is 13.6. The normalized spacial score (nSPS) is 10.8. The number of amides is 1. The van der Waals surface area contributed by atoms with E-state index in [1.165, 1.54) is 0 Å². The van der Waals surface area contributed by atoms with Gasteiger partial charge in [-0.15, -0.1) is 0 Å². The molecule has 0 unspecified atom stereocenters. The maximum Gasteiger partial charge on any atom is 0.255 e. The Morgan fingerprint density at radius 2 is 2.05 bits per heavy atom. The number of fused-ring (bicyclic) bond motifs is 1. The number of halogens is 1. The van der Waals surface area contributed by atoms with Crippen LogP contribution in [-0.2, 0) is 0 Å².